The first-order valence-corrected chi connectivity index (χ1v) is 5.07. The van der Waals surface area contributed by atoms with Gasteiger partial charge in [0.15, 0.2) is 0 Å². The summed E-state index contributed by atoms with van der Waals surface area (Å²) >= 11 is 0. The van der Waals surface area contributed by atoms with Crippen LogP contribution < -0.4 is 0 Å². The summed E-state index contributed by atoms with van der Waals surface area (Å²) < 4.78 is 5.60. The van der Waals surface area contributed by atoms with Gasteiger partial charge in [0.1, 0.15) is 5.72 Å². The van der Waals surface area contributed by atoms with Gasteiger partial charge in [-0.2, -0.15) is 0 Å². The van der Waals surface area contributed by atoms with Crippen molar-refractivity contribution in [3.05, 3.63) is 0 Å². The first-order valence-electron chi connectivity index (χ1n) is 5.07. The molecule has 80 valence electrons. The van der Waals surface area contributed by atoms with Crippen LogP contribution >= 0.6 is 0 Å². The number of β-lactam (4-membered cyclic amide) rings is 1. The molecule has 1 N–H and O–H groups in total. The fourth-order valence-electron chi connectivity index (χ4n) is 2.53. The molecule has 3 unspecified atom stereocenters. The lowest BCUT2D eigenvalue weighted by Gasteiger charge is -2.59. The highest BCUT2D eigenvalue weighted by Gasteiger charge is 2.57. The van der Waals surface area contributed by atoms with Crippen molar-refractivity contribution in [2.45, 2.75) is 32.5 Å². The summed E-state index contributed by atoms with van der Waals surface area (Å²) in [5.74, 6) is 0.139. The molecule has 2 fully saturated rings. The molecule has 0 aromatic heterocycles. The average molecular weight is 199 g/mol. The molecule has 2 aliphatic rings. The molecule has 2 heterocycles. The molecule has 2 saturated heterocycles. The molecule has 2 aliphatic heterocycles. The third-order valence-electron chi connectivity index (χ3n) is 3.32. The minimum Gasteiger partial charge on any atom is -0.395 e. The second-order valence-corrected chi connectivity index (χ2v) is 4.72. The molecule has 1 amide bonds. The lowest BCUT2D eigenvalue weighted by molar-refractivity contribution is -0.250. The van der Waals surface area contributed by atoms with E-state index in [0.29, 0.717) is 12.5 Å². The Morgan fingerprint density at radius 3 is 2.86 bits per heavy atom. The van der Waals surface area contributed by atoms with Crippen LogP contribution in [-0.4, -0.2) is 40.9 Å². The van der Waals surface area contributed by atoms with Crippen molar-refractivity contribution in [1.29, 1.82) is 0 Å². The number of hydrogen-bond acceptors (Lipinski definition) is 3. The van der Waals surface area contributed by atoms with E-state index in [-0.39, 0.29) is 24.5 Å². The highest BCUT2D eigenvalue weighted by Crippen LogP contribution is 2.42. The molecule has 0 saturated carbocycles. The van der Waals surface area contributed by atoms with Gasteiger partial charge in [-0.3, -0.25) is 4.79 Å². The predicted octanol–water partition coefficient (Wildman–Crippen LogP) is 0.208. The van der Waals surface area contributed by atoms with E-state index in [0.717, 1.165) is 0 Å². The van der Waals surface area contributed by atoms with Crippen LogP contribution in [0.4, 0.5) is 0 Å². The Balaban J connectivity index is 2.22. The quantitative estimate of drug-likeness (QED) is 0.614. The Labute approximate surface area is 83.8 Å². The number of aliphatic hydroxyl groups excluding tert-OH is 1. The second-order valence-electron chi connectivity index (χ2n) is 4.72. The van der Waals surface area contributed by atoms with Gasteiger partial charge in [-0.25, -0.2) is 0 Å². The van der Waals surface area contributed by atoms with Gasteiger partial charge in [-0.1, -0.05) is 6.92 Å². The Morgan fingerprint density at radius 2 is 2.29 bits per heavy atom. The van der Waals surface area contributed by atoms with Gasteiger partial charge in [-0.15, -0.1) is 0 Å². The van der Waals surface area contributed by atoms with Gasteiger partial charge in [0.2, 0.25) is 5.91 Å². The lowest BCUT2D eigenvalue weighted by atomic mass is 9.77. The predicted molar refractivity (Wildman–Crippen MR) is 50.4 cm³/mol. The van der Waals surface area contributed by atoms with Crippen LogP contribution in [0.3, 0.4) is 0 Å². The Kier molecular flexibility index (Phi) is 2.08. The number of fused-ring (bicyclic) bond motifs is 1. The number of nitrogens with zero attached hydrogens (tertiary/aromatic N) is 1. The standard InChI is InChI=1S/C10H17NO3/c1-6-5-14-10(2,3)11-8(6)7(4-12)9(11)13/h6-8,12H,4-5H2,1-3H3. The summed E-state index contributed by atoms with van der Waals surface area (Å²) in [5, 5.41) is 9.10. The fraction of sp³-hybridized carbons (Fsp3) is 0.900. The number of ether oxygens (including phenoxy) is 1. The molecule has 0 aliphatic carbocycles. The molecule has 0 aromatic rings. The van der Waals surface area contributed by atoms with Crippen LogP contribution in [-0.2, 0) is 9.53 Å². The SMILES string of the molecule is CC1COC(C)(C)N2C(=O)C(CO)C12. The molecule has 0 bridgehead atoms. The molecule has 3 atom stereocenters. The Hall–Kier alpha value is -0.610. The maximum absolute atomic E-state index is 11.7. The molecule has 4 nitrogen and oxygen atoms in total. The van der Waals surface area contributed by atoms with Crippen LogP contribution in [0.15, 0.2) is 0 Å². The van der Waals surface area contributed by atoms with Crippen LogP contribution in [0.2, 0.25) is 0 Å². The summed E-state index contributed by atoms with van der Waals surface area (Å²) in [4.78, 5) is 13.4. The van der Waals surface area contributed by atoms with Crippen LogP contribution in [0.25, 0.3) is 0 Å². The summed E-state index contributed by atoms with van der Waals surface area (Å²) in [7, 11) is 0. The van der Waals surface area contributed by atoms with E-state index in [1.165, 1.54) is 0 Å². The number of aliphatic hydroxyl groups is 1. The topological polar surface area (TPSA) is 49.8 Å². The van der Waals surface area contributed by atoms with Crippen molar-refractivity contribution in [1.82, 2.24) is 4.90 Å². The second kappa shape index (κ2) is 2.94. The highest BCUT2D eigenvalue weighted by atomic mass is 16.5. The smallest absolute Gasteiger partial charge is 0.232 e. The van der Waals surface area contributed by atoms with Crippen molar-refractivity contribution < 1.29 is 14.6 Å². The summed E-state index contributed by atoms with van der Waals surface area (Å²) in [6.07, 6.45) is 0. The Morgan fingerprint density at radius 1 is 1.64 bits per heavy atom. The lowest BCUT2D eigenvalue weighted by Crippen LogP contribution is -2.74. The largest absolute Gasteiger partial charge is 0.395 e. The van der Waals surface area contributed by atoms with Gasteiger partial charge >= 0.3 is 0 Å². The van der Waals surface area contributed by atoms with Crippen molar-refractivity contribution in [3.63, 3.8) is 0 Å². The zero-order valence-corrected chi connectivity index (χ0v) is 8.86. The normalized spacial score (nSPS) is 40.4. The molecular formula is C10H17NO3. The number of hydrogen-bond donors (Lipinski definition) is 1. The zero-order valence-electron chi connectivity index (χ0n) is 8.86. The number of rotatable bonds is 1. The van der Waals surface area contributed by atoms with E-state index >= 15 is 0 Å². The first-order chi connectivity index (χ1) is 6.49. The fourth-order valence-corrected chi connectivity index (χ4v) is 2.53. The van der Waals surface area contributed by atoms with Crippen molar-refractivity contribution >= 4 is 5.91 Å². The summed E-state index contributed by atoms with van der Waals surface area (Å²) in [5.41, 5.74) is -0.500. The summed E-state index contributed by atoms with van der Waals surface area (Å²) in [6.45, 7) is 6.48. The van der Waals surface area contributed by atoms with E-state index in [1.54, 1.807) is 4.90 Å². The molecule has 2 rings (SSSR count). The molecule has 0 spiro atoms. The first kappa shape index (κ1) is 9.93. The monoisotopic (exact) mass is 199 g/mol. The van der Waals surface area contributed by atoms with Crippen LogP contribution in [0, 0.1) is 11.8 Å². The maximum atomic E-state index is 11.7. The van der Waals surface area contributed by atoms with Gasteiger partial charge in [-0.05, 0) is 13.8 Å². The van der Waals surface area contributed by atoms with Gasteiger partial charge in [0, 0.05) is 5.92 Å². The molecule has 0 radical (unpaired) electrons. The van der Waals surface area contributed by atoms with E-state index in [4.69, 9.17) is 9.84 Å². The van der Waals surface area contributed by atoms with Crippen LogP contribution in [0.1, 0.15) is 20.8 Å². The van der Waals surface area contributed by atoms with E-state index in [1.807, 2.05) is 13.8 Å². The molecule has 4 heteroatoms. The minimum absolute atomic E-state index is 0.0223. The van der Waals surface area contributed by atoms with Gasteiger partial charge < -0.3 is 14.7 Å². The van der Waals surface area contributed by atoms with Crippen molar-refractivity contribution in [3.8, 4) is 0 Å². The third-order valence-corrected chi connectivity index (χ3v) is 3.32. The van der Waals surface area contributed by atoms with Crippen LogP contribution in [0.5, 0.6) is 0 Å². The molecular weight excluding hydrogens is 182 g/mol. The Bertz CT molecular complexity index is 264. The molecule has 0 aromatic carbocycles. The maximum Gasteiger partial charge on any atom is 0.232 e. The van der Waals surface area contributed by atoms with Crippen molar-refractivity contribution in [2.75, 3.05) is 13.2 Å². The third kappa shape index (κ3) is 1.10. The number of carbonyl (C=O) groups is 1. The van der Waals surface area contributed by atoms with E-state index in [9.17, 15) is 4.79 Å². The van der Waals surface area contributed by atoms with Gasteiger partial charge in [0.25, 0.3) is 0 Å². The van der Waals surface area contributed by atoms with E-state index < -0.39 is 5.72 Å². The van der Waals surface area contributed by atoms with E-state index in [2.05, 4.69) is 6.92 Å². The van der Waals surface area contributed by atoms with Gasteiger partial charge in [0.05, 0.1) is 25.2 Å². The van der Waals surface area contributed by atoms with Crippen molar-refractivity contribution in [2.24, 2.45) is 11.8 Å². The summed E-state index contributed by atoms with van der Waals surface area (Å²) in [6, 6.07) is 0.163. The highest BCUT2D eigenvalue weighted by molar-refractivity contribution is 5.87. The number of carbonyl (C=O) groups excluding carboxylic acids is 1. The zero-order chi connectivity index (χ0) is 10.5. The molecule has 14 heavy (non-hydrogen) atoms. The minimum atomic E-state index is -0.500. The average Bonchev–Trinajstić information content (AvgIpc) is 2.09. The number of amides is 1.